The predicted octanol–water partition coefficient (Wildman–Crippen LogP) is 3.69. The van der Waals surface area contributed by atoms with E-state index in [4.69, 9.17) is 16.3 Å². The zero-order valence-electron chi connectivity index (χ0n) is 15.6. The molecule has 1 fully saturated rings. The first-order chi connectivity index (χ1) is 13.5. The second-order valence-corrected chi connectivity index (χ2v) is 6.98. The SMILES string of the molecule is COC(=O)CCN(c1ccccc1-c1nc(Cl)ncc1N(O)O)C1CCCC1. The van der Waals surface area contributed by atoms with Gasteiger partial charge in [-0.15, -0.1) is 5.23 Å². The molecule has 0 aliphatic heterocycles. The van der Waals surface area contributed by atoms with Gasteiger partial charge < -0.3 is 9.64 Å². The number of methoxy groups -OCH3 is 1. The van der Waals surface area contributed by atoms with Gasteiger partial charge in [-0.1, -0.05) is 31.0 Å². The summed E-state index contributed by atoms with van der Waals surface area (Å²) < 4.78 is 4.80. The number of hydrogen-bond donors (Lipinski definition) is 2. The molecule has 0 amide bonds. The number of nitrogens with zero attached hydrogens (tertiary/aromatic N) is 4. The molecule has 28 heavy (non-hydrogen) atoms. The summed E-state index contributed by atoms with van der Waals surface area (Å²) in [6.45, 7) is 0.491. The average Bonchev–Trinajstić information content (AvgIpc) is 3.22. The maximum atomic E-state index is 11.7. The minimum absolute atomic E-state index is 0.00243. The molecule has 150 valence electrons. The van der Waals surface area contributed by atoms with Crippen LogP contribution in [0.15, 0.2) is 30.5 Å². The van der Waals surface area contributed by atoms with Crippen LogP contribution in [-0.4, -0.2) is 46.0 Å². The van der Waals surface area contributed by atoms with Crippen molar-refractivity contribution in [3.63, 3.8) is 0 Å². The van der Waals surface area contributed by atoms with E-state index < -0.39 is 0 Å². The number of para-hydroxylation sites is 1. The lowest BCUT2D eigenvalue weighted by Gasteiger charge is -2.33. The van der Waals surface area contributed by atoms with Gasteiger partial charge in [-0.3, -0.25) is 15.2 Å². The van der Waals surface area contributed by atoms with Crippen LogP contribution in [0.3, 0.4) is 0 Å². The number of halogens is 1. The molecule has 2 N–H and O–H groups in total. The summed E-state index contributed by atoms with van der Waals surface area (Å²) in [6, 6.07) is 7.79. The maximum absolute atomic E-state index is 11.7. The number of esters is 1. The van der Waals surface area contributed by atoms with Crippen LogP contribution in [0.5, 0.6) is 0 Å². The molecule has 8 nitrogen and oxygen atoms in total. The molecule has 2 aromatic rings. The van der Waals surface area contributed by atoms with Crippen LogP contribution in [0.4, 0.5) is 11.4 Å². The molecule has 1 heterocycles. The molecule has 0 radical (unpaired) electrons. The smallest absolute Gasteiger partial charge is 0.307 e. The highest BCUT2D eigenvalue weighted by molar-refractivity contribution is 6.28. The third kappa shape index (κ3) is 4.52. The van der Waals surface area contributed by atoms with Crippen LogP contribution >= 0.6 is 11.6 Å². The Balaban J connectivity index is 2.06. The molecular formula is C19H23ClN4O4. The number of ether oxygens (including phenoxy) is 1. The van der Waals surface area contributed by atoms with Crippen molar-refractivity contribution in [2.45, 2.75) is 38.1 Å². The zero-order chi connectivity index (χ0) is 20.1. The number of rotatable bonds is 7. The molecule has 1 aromatic carbocycles. The fraction of sp³-hybridized carbons (Fsp3) is 0.421. The van der Waals surface area contributed by atoms with E-state index in [1.165, 1.54) is 13.3 Å². The van der Waals surface area contributed by atoms with Crippen molar-refractivity contribution < 1.29 is 19.9 Å². The van der Waals surface area contributed by atoms with Crippen molar-refractivity contribution in [3.05, 3.63) is 35.7 Å². The summed E-state index contributed by atoms with van der Waals surface area (Å²) in [7, 11) is 1.38. The number of aromatic nitrogens is 2. The Morgan fingerprint density at radius 1 is 1.25 bits per heavy atom. The number of carbonyl (C=O) groups is 1. The molecular weight excluding hydrogens is 384 g/mol. The second-order valence-electron chi connectivity index (χ2n) is 6.64. The van der Waals surface area contributed by atoms with Crippen LogP contribution in [0.2, 0.25) is 5.28 Å². The van der Waals surface area contributed by atoms with Crippen molar-refractivity contribution in [2.24, 2.45) is 0 Å². The van der Waals surface area contributed by atoms with E-state index in [2.05, 4.69) is 14.9 Å². The van der Waals surface area contributed by atoms with Crippen LogP contribution in [0.1, 0.15) is 32.1 Å². The average molecular weight is 407 g/mol. The first-order valence-corrected chi connectivity index (χ1v) is 9.52. The molecule has 1 aliphatic carbocycles. The quantitative estimate of drug-likeness (QED) is 0.408. The lowest BCUT2D eigenvalue weighted by molar-refractivity contribution is -0.140. The molecule has 1 saturated carbocycles. The summed E-state index contributed by atoms with van der Waals surface area (Å²) in [5.74, 6) is -0.275. The number of hydrogen-bond acceptors (Lipinski definition) is 8. The first-order valence-electron chi connectivity index (χ1n) is 9.14. The number of benzene rings is 1. The van der Waals surface area contributed by atoms with E-state index in [-0.39, 0.29) is 34.6 Å². The van der Waals surface area contributed by atoms with Gasteiger partial charge >= 0.3 is 5.97 Å². The monoisotopic (exact) mass is 406 g/mol. The van der Waals surface area contributed by atoms with Gasteiger partial charge in [-0.2, -0.15) is 0 Å². The van der Waals surface area contributed by atoms with Gasteiger partial charge in [-0.05, 0) is 30.5 Å². The third-order valence-corrected chi connectivity index (χ3v) is 5.16. The summed E-state index contributed by atoms with van der Waals surface area (Å²) in [5.41, 5.74) is 1.82. The molecule has 0 saturated heterocycles. The Morgan fingerprint density at radius 3 is 2.64 bits per heavy atom. The molecule has 0 atom stereocenters. The molecule has 0 unspecified atom stereocenters. The van der Waals surface area contributed by atoms with Crippen molar-refractivity contribution in [1.82, 2.24) is 9.97 Å². The lowest BCUT2D eigenvalue weighted by Crippen LogP contribution is -2.35. The second kappa shape index (κ2) is 9.18. The first kappa shape index (κ1) is 20.3. The Kier molecular flexibility index (Phi) is 6.66. The highest BCUT2D eigenvalue weighted by Gasteiger charge is 2.27. The molecule has 9 heteroatoms. The summed E-state index contributed by atoms with van der Waals surface area (Å²) in [4.78, 5) is 22.0. The Bertz CT molecular complexity index is 827. The van der Waals surface area contributed by atoms with E-state index >= 15 is 0 Å². The largest absolute Gasteiger partial charge is 0.469 e. The van der Waals surface area contributed by atoms with Crippen molar-refractivity contribution in [1.29, 1.82) is 0 Å². The predicted molar refractivity (Wildman–Crippen MR) is 105 cm³/mol. The van der Waals surface area contributed by atoms with Crippen molar-refractivity contribution in [3.8, 4) is 11.3 Å². The van der Waals surface area contributed by atoms with Gasteiger partial charge in [0, 0.05) is 23.8 Å². The minimum Gasteiger partial charge on any atom is -0.469 e. The molecule has 3 rings (SSSR count). The van der Waals surface area contributed by atoms with E-state index in [1.807, 2.05) is 24.3 Å². The lowest BCUT2D eigenvalue weighted by atomic mass is 10.0. The van der Waals surface area contributed by atoms with Gasteiger partial charge in [-0.25, -0.2) is 9.97 Å². The van der Waals surface area contributed by atoms with Gasteiger partial charge in [0.05, 0.1) is 19.7 Å². The highest BCUT2D eigenvalue weighted by Crippen LogP contribution is 2.38. The number of carbonyl (C=O) groups excluding carboxylic acids is 1. The Hall–Kier alpha value is -2.42. The standard InChI is InChI=1S/C19H23ClN4O4/c1-28-17(25)10-11-23(13-6-2-3-7-13)15-9-5-4-8-14(15)18-16(24(26)27)12-21-19(20)22-18/h4-5,8-9,12-13,26-27H,2-3,6-7,10-11H2,1H3. The van der Waals surface area contributed by atoms with E-state index in [1.54, 1.807) is 0 Å². The highest BCUT2D eigenvalue weighted by atomic mass is 35.5. The van der Waals surface area contributed by atoms with Gasteiger partial charge in [0.2, 0.25) is 5.28 Å². The number of anilines is 2. The van der Waals surface area contributed by atoms with Crippen LogP contribution in [0, 0.1) is 0 Å². The van der Waals surface area contributed by atoms with Crippen molar-refractivity contribution in [2.75, 3.05) is 23.8 Å². The van der Waals surface area contributed by atoms with Crippen molar-refractivity contribution >= 4 is 28.9 Å². The van der Waals surface area contributed by atoms with E-state index in [0.717, 1.165) is 31.4 Å². The third-order valence-electron chi connectivity index (χ3n) is 4.97. The molecule has 0 spiro atoms. The van der Waals surface area contributed by atoms with E-state index in [9.17, 15) is 15.2 Å². The Labute approximate surface area is 168 Å². The fourth-order valence-corrected chi connectivity index (χ4v) is 3.79. The van der Waals surface area contributed by atoms with Crippen LogP contribution < -0.4 is 10.1 Å². The molecule has 0 bridgehead atoms. The molecule has 1 aromatic heterocycles. The summed E-state index contributed by atoms with van der Waals surface area (Å²) in [6.07, 6.45) is 5.82. The van der Waals surface area contributed by atoms with E-state index in [0.29, 0.717) is 17.8 Å². The minimum atomic E-state index is -0.275. The zero-order valence-corrected chi connectivity index (χ0v) is 16.3. The fourth-order valence-electron chi connectivity index (χ4n) is 3.65. The van der Waals surface area contributed by atoms with Crippen LogP contribution in [0.25, 0.3) is 11.3 Å². The summed E-state index contributed by atoms with van der Waals surface area (Å²) in [5, 5.41) is 19.2. The van der Waals surface area contributed by atoms with Gasteiger partial charge in [0.25, 0.3) is 0 Å². The normalized spacial score (nSPS) is 14.1. The molecule has 1 aliphatic rings. The van der Waals surface area contributed by atoms with Gasteiger partial charge in [0.15, 0.2) is 0 Å². The van der Waals surface area contributed by atoms with Crippen LogP contribution in [-0.2, 0) is 9.53 Å². The Morgan fingerprint density at radius 2 is 1.96 bits per heavy atom. The maximum Gasteiger partial charge on any atom is 0.307 e. The summed E-state index contributed by atoms with van der Waals surface area (Å²) >= 11 is 5.97. The van der Waals surface area contributed by atoms with Gasteiger partial charge in [0.1, 0.15) is 11.4 Å². The topological polar surface area (TPSA) is 99.0 Å².